The van der Waals surface area contributed by atoms with Gasteiger partial charge in [0.25, 0.3) is 0 Å². The quantitative estimate of drug-likeness (QED) is 0.554. The average molecular weight is 557 g/mol. The van der Waals surface area contributed by atoms with Crippen molar-refractivity contribution >= 4 is 34.7 Å². The number of aliphatic carboxylic acids is 1. The normalized spacial score (nSPS) is 19.7. The summed E-state index contributed by atoms with van der Waals surface area (Å²) in [5, 5.41) is 28.1. The van der Waals surface area contributed by atoms with Crippen LogP contribution < -0.4 is 5.48 Å². The molecule has 2 fully saturated rings. The number of nitrogens with zero attached hydrogens (tertiary/aromatic N) is 5. The van der Waals surface area contributed by atoms with Crippen LogP contribution in [0.5, 0.6) is 0 Å². The number of carbonyl (C=O) groups excluding carboxylic acids is 1. The van der Waals surface area contributed by atoms with E-state index in [1.165, 1.54) is 16.4 Å². The van der Waals surface area contributed by atoms with Crippen molar-refractivity contribution < 1.29 is 42.3 Å². The van der Waals surface area contributed by atoms with E-state index in [9.17, 15) is 18.0 Å². The molecule has 0 aliphatic carbocycles. The number of amides is 1. The summed E-state index contributed by atoms with van der Waals surface area (Å²) in [5.41, 5.74) is 2.36. The maximum atomic E-state index is 12.0. The Morgan fingerprint density at radius 1 is 1.03 bits per heavy atom. The van der Waals surface area contributed by atoms with Gasteiger partial charge in [0.05, 0.1) is 19.3 Å². The summed E-state index contributed by atoms with van der Waals surface area (Å²) >= 11 is 3.09. The number of carboxylic acids is 1. The third kappa shape index (κ3) is 9.53. The van der Waals surface area contributed by atoms with Crippen molar-refractivity contribution in [3.63, 3.8) is 0 Å². The van der Waals surface area contributed by atoms with Crippen LogP contribution >= 0.6 is 22.7 Å². The molecule has 2 N–H and O–H groups in total. The van der Waals surface area contributed by atoms with Crippen LogP contribution in [0.2, 0.25) is 0 Å². The molecule has 2 aromatic heterocycles. The molecule has 0 spiro atoms. The maximum absolute atomic E-state index is 12.0. The largest absolute Gasteiger partial charge is 0.490 e. The lowest BCUT2D eigenvalue weighted by molar-refractivity contribution is -0.192. The van der Waals surface area contributed by atoms with E-state index >= 15 is 0 Å². The third-order valence-corrected chi connectivity index (χ3v) is 6.01. The smallest absolute Gasteiger partial charge is 0.475 e. The van der Waals surface area contributed by atoms with Gasteiger partial charge in [0, 0.05) is 6.42 Å². The number of ether oxygens (including phenoxy) is 1. The van der Waals surface area contributed by atoms with Crippen LogP contribution in [0.15, 0.2) is 0 Å². The number of rotatable bonds is 2. The predicted molar refractivity (Wildman–Crippen MR) is 121 cm³/mol. The van der Waals surface area contributed by atoms with Crippen LogP contribution in [0.3, 0.4) is 0 Å². The van der Waals surface area contributed by atoms with Gasteiger partial charge in [-0.1, -0.05) is 11.3 Å². The molecule has 2 saturated heterocycles. The first-order chi connectivity index (χ1) is 16.7. The minimum absolute atomic E-state index is 0.189. The predicted octanol–water partition coefficient (Wildman–Crippen LogP) is 3.91. The van der Waals surface area contributed by atoms with Crippen molar-refractivity contribution in [3.05, 3.63) is 20.0 Å². The summed E-state index contributed by atoms with van der Waals surface area (Å²) in [5.74, 6) is -2.76. The van der Waals surface area contributed by atoms with Crippen LogP contribution in [-0.2, 0) is 19.2 Å². The van der Waals surface area contributed by atoms with Crippen molar-refractivity contribution in [2.75, 3.05) is 13.2 Å². The Hall–Kier alpha value is -2.47. The van der Waals surface area contributed by atoms with Gasteiger partial charge in [-0.3, -0.25) is 4.84 Å². The maximum Gasteiger partial charge on any atom is 0.490 e. The highest BCUT2D eigenvalue weighted by molar-refractivity contribution is 7.11. The molecule has 202 valence electrons. The molecular formula is C19H27F3N6O6S2. The van der Waals surface area contributed by atoms with Crippen LogP contribution in [0.25, 0.3) is 0 Å². The highest BCUT2D eigenvalue weighted by atomic mass is 32.1. The molecule has 0 bridgehead atoms. The Morgan fingerprint density at radius 2 is 1.58 bits per heavy atom. The average Bonchev–Trinajstić information content (AvgIpc) is 3.54. The number of carbonyl (C=O) groups is 2. The van der Waals surface area contributed by atoms with Gasteiger partial charge in [0.15, 0.2) is 0 Å². The van der Waals surface area contributed by atoms with Crippen LogP contribution in [0.1, 0.15) is 65.7 Å². The molecule has 0 aromatic carbocycles. The van der Waals surface area contributed by atoms with E-state index in [0.717, 1.165) is 33.1 Å². The first-order valence-electron chi connectivity index (χ1n) is 10.6. The number of hydrogen-bond donors (Lipinski definition) is 2. The van der Waals surface area contributed by atoms with E-state index in [2.05, 4.69) is 25.9 Å². The number of halogens is 3. The zero-order valence-corrected chi connectivity index (χ0v) is 21.8. The molecule has 17 heteroatoms. The molecular weight excluding hydrogens is 529 g/mol. The number of hydrogen-bond acceptors (Lipinski definition) is 12. The number of hydroxylamine groups is 3. The lowest BCUT2D eigenvalue weighted by atomic mass is 10.2. The summed E-state index contributed by atoms with van der Waals surface area (Å²) < 4.78 is 37.0. The molecule has 2 aliphatic heterocycles. The van der Waals surface area contributed by atoms with Crippen molar-refractivity contribution in [2.45, 2.75) is 71.3 Å². The van der Waals surface area contributed by atoms with Crippen molar-refractivity contribution in [1.82, 2.24) is 30.9 Å². The fourth-order valence-corrected chi connectivity index (χ4v) is 4.24. The highest BCUT2D eigenvalue weighted by Crippen LogP contribution is 2.33. The Bertz CT molecular complexity index is 1010. The molecule has 36 heavy (non-hydrogen) atoms. The van der Waals surface area contributed by atoms with Crippen molar-refractivity contribution in [3.8, 4) is 0 Å². The summed E-state index contributed by atoms with van der Waals surface area (Å²) in [6.07, 6.45) is -3.85. The molecule has 0 radical (unpaired) electrons. The van der Waals surface area contributed by atoms with Gasteiger partial charge in [-0.2, -0.15) is 23.7 Å². The topological polar surface area (TPSA) is 149 Å². The fraction of sp³-hybridized carbons (Fsp3) is 0.684. The zero-order valence-electron chi connectivity index (χ0n) is 20.2. The van der Waals surface area contributed by atoms with Gasteiger partial charge in [-0.15, -0.1) is 31.7 Å². The molecule has 4 rings (SSSR count). The van der Waals surface area contributed by atoms with Gasteiger partial charge >= 0.3 is 18.2 Å². The van der Waals surface area contributed by atoms with Crippen LogP contribution in [-0.4, -0.2) is 67.6 Å². The zero-order chi connectivity index (χ0) is 27.1. The van der Waals surface area contributed by atoms with Gasteiger partial charge in [-0.25, -0.2) is 9.59 Å². The van der Waals surface area contributed by atoms with Gasteiger partial charge < -0.3 is 14.7 Å². The van der Waals surface area contributed by atoms with E-state index in [4.69, 9.17) is 24.3 Å². The monoisotopic (exact) mass is 556 g/mol. The molecule has 2 unspecified atom stereocenters. The van der Waals surface area contributed by atoms with E-state index in [0.29, 0.717) is 13.0 Å². The van der Waals surface area contributed by atoms with Gasteiger partial charge in [0.1, 0.15) is 31.7 Å². The number of aryl methyl sites for hydroxylation is 2. The summed E-state index contributed by atoms with van der Waals surface area (Å²) in [6, 6.07) is 0.0762. The van der Waals surface area contributed by atoms with E-state index in [-0.39, 0.29) is 12.1 Å². The molecule has 2 aromatic rings. The Kier molecular flexibility index (Phi) is 10.5. The molecule has 2 atom stereocenters. The second-order valence-electron chi connectivity index (χ2n) is 8.37. The Balaban J connectivity index is 0.000000215. The molecule has 0 saturated carbocycles. The van der Waals surface area contributed by atoms with Crippen molar-refractivity contribution in [1.29, 1.82) is 0 Å². The van der Waals surface area contributed by atoms with E-state index in [1.54, 1.807) is 11.3 Å². The molecule has 1 amide bonds. The number of carboxylic acid groups (broad SMARTS) is 1. The van der Waals surface area contributed by atoms with Crippen LogP contribution in [0, 0.1) is 13.8 Å². The first-order valence-corrected chi connectivity index (χ1v) is 12.2. The Labute approximate surface area is 212 Å². The van der Waals surface area contributed by atoms with E-state index < -0.39 is 23.8 Å². The summed E-state index contributed by atoms with van der Waals surface area (Å²) in [6.45, 7) is 10.6. The Morgan fingerprint density at radius 3 is 2.00 bits per heavy atom. The second-order valence-corrected chi connectivity index (χ2v) is 10.8. The number of alkyl halides is 3. The minimum Gasteiger partial charge on any atom is -0.475 e. The van der Waals surface area contributed by atoms with E-state index in [1.807, 2.05) is 34.6 Å². The lowest BCUT2D eigenvalue weighted by Crippen LogP contribution is -2.35. The molecule has 12 nitrogen and oxygen atoms in total. The number of nitrogens with one attached hydrogen (secondary N) is 1. The SMILES string of the molecule is Cc1nnc(C2CCON2)s1.Cc1nnc(C2CCON2C(=O)OC(C)(C)C)s1.O=C(O)C(F)(F)F. The molecule has 2 aliphatic rings. The summed E-state index contributed by atoms with van der Waals surface area (Å²) in [4.78, 5) is 31.2. The first kappa shape index (κ1) is 29.8. The van der Waals surface area contributed by atoms with Crippen LogP contribution in [0.4, 0.5) is 18.0 Å². The fourth-order valence-electron chi connectivity index (χ4n) is 2.65. The minimum atomic E-state index is -5.08. The second kappa shape index (κ2) is 12.7. The lowest BCUT2D eigenvalue weighted by Gasteiger charge is -2.25. The highest BCUT2D eigenvalue weighted by Gasteiger charge is 2.38. The third-order valence-electron chi connectivity index (χ3n) is 4.12. The van der Waals surface area contributed by atoms with Gasteiger partial charge in [-0.05, 0) is 41.0 Å². The van der Waals surface area contributed by atoms with Gasteiger partial charge in [0.2, 0.25) is 0 Å². The number of aromatic nitrogens is 4. The standard InChI is InChI=1S/C11H17N3O3S.C6H9N3OS.C2HF3O2/c1-7-12-13-9(18-7)8-5-6-16-14(8)10(15)17-11(2,3)4;1-4-7-8-6(11-4)5-2-3-10-9-5;3-2(4,5)1(6)7/h8H,5-6H2,1-4H3;5,9H,2-3H2,1H3;(H,6,7). The molecule has 4 heterocycles. The summed E-state index contributed by atoms with van der Waals surface area (Å²) in [7, 11) is 0. The van der Waals surface area contributed by atoms with Crippen molar-refractivity contribution in [2.24, 2.45) is 0 Å².